The molecule has 7 heavy (non-hydrogen) atoms. The molecule has 42 valence electrons. The number of hydrazine groups is 1. The molecule has 2 nitrogen and oxygen atoms in total. The second-order valence-corrected chi connectivity index (χ2v) is 5.11. The van der Waals surface area contributed by atoms with Crippen LogP contribution in [0.1, 0.15) is 6.92 Å². The van der Waals surface area contributed by atoms with Crippen LogP contribution in [0.25, 0.3) is 0 Å². The third-order valence-corrected chi connectivity index (χ3v) is 5.01. The molecule has 0 bridgehead atoms. The van der Waals surface area contributed by atoms with Crippen molar-refractivity contribution in [3.63, 3.8) is 0 Å². The van der Waals surface area contributed by atoms with E-state index in [9.17, 15) is 0 Å². The molecule has 1 N–H and O–H groups in total. The van der Waals surface area contributed by atoms with E-state index in [0.29, 0.717) is 0 Å². The molecule has 4 atom stereocenters. The minimum atomic E-state index is 0.144. The molecular formula is C3H10N2P2. The van der Waals surface area contributed by atoms with Crippen molar-refractivity contribution in [2.45, 2.75) is 12.7 Å². The van der Waals surface area contributed by atoms with Crippen molar-refractivity contribution in [3.8, 4) is 0 Å². The first kappa shape index (κ1) is 5.91. The van der Waals surface area contributed by atoms with Crippen molar-refractivity contribution in [1.82, 2.24) is 10.2 Å². The summed E-state index contributed by atoms with van der Waals surface area (Å²) < 4.78 is 2.24. The highest BCUT2D eigenvalue weighted by molar-refractivity contribution is 8.16. The van der Waals surface area contributed by atoms with Gasteiger partial charge in [0.25, 0.3) is 0 Å². The Balaban J connectivity index is 2.24. The SMILES string of the molecule is CNN1C(C)P1P. The molecule has 0 aromatic carbocycles. The molecule has 0 aromatic rings. The molecule has 1 heterocycles. The summed E-state index contributed by atoms with van der Waals surface area (Å²) in [5, 5.41) is 0. The summed E-state index contributed by atoms with van der Waals surface area (Å²) in [5.41, 5.74) is 3.08. The molecule has 4 unspecified atom stereocenters. The number of hydrogen-bond acceptors (Lipinski definition) is 2. The number of hydrogen-bond donors (Lipinski definition) is 1. The van der Waals surface area contributed by atoms with Gasteiger partial charge in [-0.25, -0.2) is 4.78 Å². The molecule has 1 saturated heterocycles. The molecule has 1 fully saturated rings. The van der Waals surface area contributed by atoms with Crippen molar-refractivity contribution in [2.24, 2.45) is 0 Å². The van der Waals surface area contributed by atoms with Crippen LogP contribution in [-0.4, -0.2) is 17.6 Å². The highest BCUT2D eigenvalue weighted by Gasteiger charge is 2.39. The smallest absolute Gasteiger partial charge is 0.0638 e. The fourth-order valence-electron chi connectivity index (χ4n) is 0.582. The van der Waals surface area contributed by atoms with E-state index >= 15 is 0 Å². The Morgan fingerprint density at radius 3 is 2.29 bits per heavy atom. The maximum atomic E-state index is 3.08. The van der Waals surface area contributed by atoms with Gasteiger partial charge < -0.3 is 0 Å². The zero-order valence-electron chi connectivity index (χ0n) is 4.55. The molecule has 0 radical (unpaired) electrons. The Labute approximate surface area is 47.5 Å². The van der Waals surface area contributed by atoms with Gasteiger partial charge in [0, 0.05) is 7.76 Å². The van der Waals surface area contributed by atoms with Crippen molar-refractivity contribution < 1.29 is 0 Å². The first-order chi connectivity index (χ1) is 3.27. The third kappa shape index (κ3) is 0.948. The fourth-order valence-corrected chi connectivity index (χ4v) is 3.15. The number of rotatable bonds is 1. The summed E-state index contributed by atoms with van der Waals surface area (Å²) in [6.45, 7) is 2.22. The molecular weight excluding hydrogens is 126 g/mol. The van der Waals surface area contributed by atoms with Gasteiger partial charge in [0.1, 0.15) is 0 Å². The van der Waals surface area contributed by atoms with Crippen LogP contribution >= 0.6 is 16.7 Å². The van der Waals surface area contributed by atoms with E-state index < -0.39 is 0 Å². The van der Waals surface area contributed by atoms with Crippen LogP contribution in [0.3, 0.4) is 0 Å². The molecule has 0 aromatic heterocycles. The third-order valence-electron chi connectivity index (χ3n) is 1.16. The minimum absolute atomic E-state index is 0.144. The summed E-state index contributed by atoms with van der Waals surface area (Å²) in [5.74, 6) is 0.782. The normalized spacial score (nSPS) is 49.3. The predicted molar refractivity (Wildman–Crippen MR) is 37.0 cm³/mol. The monoisotopic (exact) mass is 136 g/mol. The van der Waals surface area contributed by atoms with Crippen LogP contribution in [0, 0.1) is 0 Å². The molecule has 1 aliphatic heterocycles. The van der Waals surface area contributed by atoms with Crippen LogP contribution in [0.2, 0.25) is 0 Å². The lowest BCUT2D eigenvalue weighted by molar-refractivity contribution is 0.461. The molecule has 0 saturated carbocycles. The predicted octanol–water partition coefficient (Wildman–Crippen LogP) is 0.969. The molecule has 0 amide bonds. The van der Waals surface area contributed by atoms with Crippen LogP contribution in [0.15, 0.2) is 0 Å². The van der Waals surface area contributed by atoms with Gasteiger partial charge >= 0.3 is 0 Å². The fraction of sp³-hybridized carbons (Fsp3) is 1.00. The van der Waals surface area contributed by atoms with Crippen LogP contribution in [0.5, 0.6) is 0 Å². The van der Waals surface area contributed by atoms with Crippen LogP contribution in [-0.2, 0) is 0 Å². The molecule has 0 aliphatic carbocycles. The maximum absolute atomic E-state index is 3.08. The van der Waals surface area contributed by atoms with Crippen molar-refractivity contribution >= 4 is 16.7 Å². The van der Waals surface area contributed by atoms with Gasteiger partial charge in [-0.15, -0.1) is 0 Å². The average Bonchev–Trinajstić information content (AvgIpc) is 2.17. The largest absolute Gasteiger partial charge is 0.254 e. The Kier molecular flexibility index (Phi) is 1.65. The minimum Gasteiger partial charge on any atom is -0.254 e. The lowest BCUT2D eigenvalue weighted by Gasteiger charge is -1.91. The number of nitrogens with one attached hydrogen (secondary N) is 1. The summed E-state index contributed by atoms with van der Waals surface area (Å²) in [6.07, 6.45) is 0. The Bertz CT molecular complexity index is 69.3. The lowest BCUT2D eigenvalue weighted by Crippen LogP contribution is -2.14. The Hall–Kier alpha value is 0.780. The van der Waals surface area contributed by atoms with Gasteiger partial charge in [0.2, 0.25) is 0 Å². The van der Waals surface area contributed by atoms with E-state index in [1.165, 1.54) is 0 Å². The summed E-state index contributed by atoms with van der Waals surface area (Å²) in [7, 11) is 4.93. The Morgan fingerprint density at radius 1 is 1.86 bits per heavy atom. The van der Waals surface area contributed by atoms with Gasteiger partial charge in [-0.05, 0) is 14.0 Å². The van der Waals surface area contributed by atoms with Gasteiger partial charge in [-0.2, -0.15) is 0 Å². The van der Waals surface area contributed by atoms with Crippen molar-refractivity contribution in [1.29, 1.82) is 0 Å². The number of nitrogens with zero attached hydrogens (tertiary/aromatic N) is 1. The molecule has 1 aliphatic rings. The van der Waals surface area contributed by atoms with E-state index in [2.05, 4.69) is 26.1 Å². The average molecular weight is 136 g/mol. The van der Waals surface area contributed by atoms with E-state index in [1.807, 2.05) is 7.05 Å². The molecule has 1 rings (SSSR count). The van der Waals surface area contributed by atoms with E-state index in [-0.39, 0.29) is 7.76 Å². The van der Waals surface area contributed by atoms with Crippen molar-refractivity contribution in [3.05, 3.63) is 0 Å². The first-order valence-corrected chi connectivity index (χ1v) is 5.26. The van der Waals surface area contributed by atoms with Crippen molar-refractivity contribution in [2.75, 3.05) is 7.05 Å². The van der Waals surface area contributed by atoms with Crippen LogP contribution < -0.4 is 5.43 Å². The van der Waals surface area contributed by atoms with Gasteiger partial charge in [-0.3, -0.25) is 5.43 Å². The topological polar surface area (TPSA) is 15.0 Å². The van der Waals surface area contributed by atoms with E-state index in [1.54, 1.807) is 0 Å². The van der Waals surface area contributed by atoms with Gasteiger partial charge in [-0.1, -0.05) is 8.93 Å². The summed E-state index contributed by atoms with van der Waals surface area (Å²) >= 11 is 0. The highest BCUT2D eigenvalue weighted by atomic mass is 32.0. The quantitative estimate of drug-likeness (QED) is 0.426. The Morgan fingerprint density at radius 2 is 2.29 bits per heavy atom. The second kappa shape index (κ2) is 1.95. The maximum Gasteiger partial charge on any atom is 0.0638 e. The highest BCUT2D eigenvalue weighted by Crippen LogP contribution is 2.68. The van der Waals surface area contributed by atoms with E-state index in [4.69, 9.17) is 0 Å². The van der Waals surface area contributed by atoms with Crippen LogP contribution in [0.4, 0.5) is 0 Å². The lowest BCUT2D eigenvalue weighted by atomic mass is 10.8. The summed E-state index contributed by atoms with van der Waals surface area (Å²) in [6, 6.07) is 0. The van der Waals surface area contributed by atoms with E-state index in [0.717, 1.165) is 5.78 Å². The molecule has 0 spiro atoms. The van der Waals surface area contributed by atoms with Gasteiger partial charge in [0.05, 0.1) is 5.78 Å². The summed E-state index contributed by atoms with van der Waals surface area (Å²) in [4.78, 5) is 0. The molecule has 4 heteroatoms. The second-order valence-electron chi connectivity index (χ2n) is 1.58. The first-order valence-electron chi connectivity index (χ1n) is 2.28. The zero-order chi connectivity index (χ0) is 5.44. The van der Waals surface area contributed by atoms with Gasteiger partial charge in [0.15, 0.2) is 0 Å². The zero-order valence-corrected chi connectivity index (χ0v) is 6.60. The standard InChI is InChI=1S/C3H10N2P2/c1-3-5(4-2)7(3)6/h3-4H,6H2,1-2H3.